The Balaban J connectivity index is 2.38. The van der Waals surface area contributed by atoms with Crippen LogP contribution in [0.25, 0.3) is 0 Å². The summed E-state index contributed by atoms with van der Waals surface area (Å²) in [6.07, 6.45) is 4.37. The molecular formula is C10H9N3O3. The van der Waals surface area contributed by atoms with Gasteiger partial charge in [-0.25, -0.2) is 9.59 Å². The minimum atomic E-state index is -1.13. The van der Waals surface area contributed by atoms with Crippen molar-refractivity contribution in [2.24, 2.45) is 0 Å². The van der Waals surface area contributed by atoms with Crippen LogP contribution in [0.2, 0.25) is 0 Å². The first-order valence-corrected chi connectivity index (χ1v) is 4.59. The number of imidazole rings is 1. The van der Waals surface area contributed by atoms with Gasteiger partial charge in [-0.1, -0.05) is 0 Å². The molecule has 16 heavy (non-hydrogen) atoms. The maximum Gasteiger partial charge on any atom is 0.354 e. The van der Waals surface area contributed by atoms with E-state index in [4.69, 9.17) is 5.11 Å². The standard InChI is InChI=1S/C10H9N3O3/c14-9(15)8-5-12-10(16)13(8)6-7-1-3-11-4-2-7/h1-5H,6H2,(H,12,16)(H,14,15). The lowest BCUT2D eigenvalue weighted by Gasteiger charge is -2.03. The quantitative estimate of drug-likeness (QED) is 0.778. The Hall–Kier alpha value is -2.37. The Morgan fingerprint density at radius 1 is 1.44 bits per heavy atom. The number of rotatable bonds is 3. The molecule has 2 heterocycles. The van der Waals surface area contributed by atoms with Crippen molar-refractivity contribution in [1.82, 2.24) is 14.5 Å². The summed E-state index contributed by atoms with van der Waals surface area (Å²) in [5.74, 6) is -1.13. The van der Waals surface area contributed by atoms with Crippen LogP contribution in [-0.2, 0) is 6.54 Å². The summed E-state index contributed by atoms with van der Waals surface area (Å²) in [6, 6.07) is 3.45. The minimum Gasteiger partial charge on any atom is -0.477 e. The van der Waals surface area contributed by atoms with E-state index < -0.39 is 11.7 Å². The number of aromatic amines is 1. The normalized spacial score (nSPS) is 10.2. The number of hydrogen-bond donors (Lipinski definition) is 2. The highest BCUT2D eigenvalue weighted by atomic mass is 16.4. The van der Waals surface area contributed by atoms with Crippen molar-refractivity contribution in [3.63, 3.8) is 0 Å². The van der Waals surface area contributed by atoms with Crippen molar-refractivity contribution in [3.05, 3.63) is 52.5 Å². The monoisotopic (exact) mass is 219 g/mol. The van der Waals surface area contributed by atoms with Crippen molar-refractivity contribution in [1.29, 1.82) is 0 Å². The first-order chi connectivity index (χ1) is 7.68. The highest BCUT2D eigenvalue weighted by Crippen LogP contribution is 2.02. The van der Waals surface area contributed by atoms with Crippen molar-refractivity contribution in [2.75, 3.05) is 0 Å². The number of hydrogen-bond acceptors (Lipinski definition) is 3. The molecule has 0 unspecified atom stereocenters. The molecule has 2 rings (SSSR count). The first-order valence-electron chi connectivity index (χ1n) is 4.59. The number of carboxylic acids is 1. The van der Waals surface area contributed by atoms with Gasteiger partial charge < -0.3 is 10.1 Å². The smallest absolute Gasteiger partial charge is 0.354 e. The Morgan fingerprint density at radius 2 is 2.12 bits per heavy atom. The summed E-state index contributed by atoms with van der Waals surface area (Å²) in [5.41, 5.74) is 0.329. The summed E-state index contributed by atoms with van der Waals surface area (Å²) in [6.45, 7) is 0.215. The molecule has 2 aromatic heterocycles. The van der Waals surface area contributed by atoms with Gasteiger partial charge in [-0.05, 0) is 17.7 Å². The highest BCUT2D eigenvalue weighted by Gasteiger charge is 2.12. The Morgan fingerprint density at radius 3 is 2.75 bits per heavy atom. The van der Waals surface area contributed by atoms with Gasteiger partial charge in [-0.3, -0.25) is 9.55 Å². The van der Waals surface area contributed by atoms with E-state index in [1.807, 2.05) is 0 Å². The van der Waals surface area contributed by atoms with Crippen LogP contribution in [0.1, 0.15) is 16.1 Å². The molecule has 0 saturated heterocycles. The molecule has 2 aromatic rings. The minimum absolute atomic E-state index is 0.0539. The number of pyridine rings is 1. The van der Waals surface area contributed by atoms with E-state index in [-0.39, 0.29) is 12.2 Å². The number of carboxylic acid groups (broad SMARTS) is 1. The molecule has 0 aliphatic heterocycles. The Kier molecular flexibility index (Phi) is 2.55. The molecule has 82 valence electrons. The predicted octanol–water partition coefficient (Wildman–Crippen LogP) is 0.318. The summed E-state index contributed by atoms with van der Waals surface area (Å²) < 4.78 is 1.16. The third-order valence-electron chi connectivity index (χ3n) is 2.18. The topological polar surface area (TPSA) is 88.0 Å². The van der Waals surface area contributed by atoms with Crippen LogP contribution in [0.15, 0.2) is 35.5 Å². The van der Waals surface area contributed by atoms with Crippen molar-refractivity contribution in [2.45, 2.75) is 6.54 Å². The second-order valence-corrected chi connectivity index (χ2v) is 3.23. The number of nitrogens with one attached hydrogen (secondary N) is 1. The average molecular weight is 219 g/mol. The number of aromatic carboxylic acids is 1. The molecule has 0 spiro atoms. The van der Waals surface area contributed by atoms with Crippen molar-refractivity contribution in [3.8, 4) is 0 Å². The maximum atomic E-state index is 11.4. The summed E-state index contributed by atoms with van der Waals surface area (Å²) >= 11 is 0. The van der Waals surface area contributed by atoms with Crippen molar-refractivity contribution >= 4 is 5.97 Å². The maximum absolute atomic E-state index is 11.4. The van der Waals surface area contributed by atoms with Gasteiger partial charge in [0.2, 0.25) is 0 Å². The molecule has 0 aliphatic carbocycles. The second kappa shape index (κ2) is 4.01. The van der Waals surface area contributed by atoms with Gasteiger partial charge in [0.1, 0.15) is 5.69 Å². The average Bonchev–Trinajstić information content (AvgIpc) is 2.62. The van der Waals surface area contributed by atoms with Gasteiger partial charge >= 0.3 is 11.7 Å². The van der Waals surface area contributed by atoms with Gasteiger partial charge in [0.05, 0.1) is 6.54 Å². The van der Waals surface area contributed by atoms with Crippen molar-refractivity contribution < 1.29 is 9.90 Å². The van der Waals surface area contributed by atoms with Gasteiger partial charge in [0.15, 0.2) is 0 Å². The van der Waals surface area contributed by atoms with E-state index in [1.165, 1.54) is 6.20 Å². The van der Waals surface area contributed by atoms with Crippen LogP contribution >= 0.6 is 0 Å². The van der Waals surface area contributed by atoms with E-state index in [1.54, 1.807) is 24.5 Å². The van der Waals surface area contributed by atoms with Crippen LogP contribution in [0.3, 0.4) is 0 Å². The van der Waals surface area contributed by atoms with Gasteiger partial charge in [-0.2, -0.15) is 0 Å². The Labute approximate surface area is 90.2 Å². The summed E-state index contributed by atoms with van der Waals surface area (Å²) in [7, 11) is 0. The zero-order valence-electron chi connectivity index (χ0n) is 8.25. The lowest BCUT2D eigenvalue weighted by Crippen LogP contribution is -2.21. The van der Waals surface area contributed by atoms with Crippen LogP contribution < -0.4 is 5.69 Å². The van der Waals surface area contributed by atoms with Gasteiger partial charge in [-0.15, -0.1) is 0 Å². The van der Waals surface area contributed by atoms with E-state index in [9.17, 15) is 9.59 Å². The summed E-state index contributed by atoms with van der Waals surface area (Å²) in [5, 5.41) is 8.86. The largest absolute Gasteiger partial charge is 0.477 e. The molecule has 0 amide bonds. The molecule has 0 radical (unpaired) electrons. The number of aromatic nitrogens is 3. The van der Waals surface area contributed by atoms with E-state index >= 15 is 0 Å². The molecule has 0 fully saturated rings. The number of carbonyl (C=O) groups is 1. The van der Waals surface area contributed by atoms with Gasteiger partial charge in [0, 0.05) is 18.6 Å². The first kappa shape index (κ1) is 10.2. The van der Waals surface area contributed by atoms with E-state index in [0.29, 0.717) is 0 Å². The molecule has 6 nitrogen and oxygen atoms in total. The molecule has 0 aromatic carbocycles. The third-order valence-corrected chi connectivity index (χ3v) is 2.18. The van der Waals surface area contributed by atoms with E-state index in [0.717, 1.165) is 10.1 Å². The lowest BCUT2D eigenvalue weighted by atomic mass is 10.2. The fourth-order valence-electron chi connectivity index (χ4n) is 1.40. The predicted molar refractivity (Wildman–Crippen MR) is 55.4 cm³/mol. The zero-order chi connectivity index (χ0) is 11.5. The second-order valence-electron chi connectivity index (χ2n) is 3.23. The highest BCUT2D eigenvalue weighted by molar-refractivity contribution is 5.85. The van der Waals surface area contributed by atoms with E-state index in [2.05, 4.69) is 9.97 Å². The molecule has 0 saturated carbocycles. The molecule has 2 N–H and O–H groups in total. The Bertz CT molecular complexity index is 556. The fraction of sp³-hybridized carbons (Fsp3) is 0.100. The van der Waals surface area contributed by atoms with Crippen LogP contribution in [0.4, 0.5) is 0 Å². The molecular weight excluding hydrogens is 210 g/mol. The summed E-state index contributed by atoms with van der Waals surface area (Å²) in [4.78, 5) is 28.4. The number of H-pyrrole nitrogens is 1. The van der Waals surface area contributed by atoms with Crippen LogP contribution in [0.5, 0.6) is 0 Å². The fourth-order valence-corrected chi connectivity index (χ4v) is 1.40. The molecule has 0 atom stereocenters. The molecule has 0 bridgehead atoms. The third kappa shape index (κ3) is 1.85. The SMILES string of the molecule is O=C(O)c1c[nH]c(=O)n1Cc1ccncc1. The van der Waals surface area contributed by atoms with Gasteiger partial charge in [0.25, 0.3) is 0 Å². The number of nitrogens with zero attached hydrogens (tertiary/aromatic N) is 2. The molecule has 0 aliphatic rings. The van der Waals surface area contributed by atoms with Crippen LogP contribution in [0, 0.1) is 0 Å². The van der Waals surface area contributed by atoms with Crippen LogP contribution in [-0.4, -0.2) is 25.6 Å². The lowest BCUT2D eigenvalue weighted by molar-refractivity contribution is 0.0685. The molecule has 6 heteroatoms. The zero-order valence-corrected chi connectivity index (χ0v) is 8.25.